The van der Waals surface area contributed by atoms with Crippen LogP contribution in [0.1, 0.15) is 35.8 Å². The summed E-state index contributed by atoms with van der Waals surface area (Å²) in [5.74, 6) is 0.0363. The lowest BCUT2D eigenvalue weighted by atomic mass is 10.1. The van der Waals surface area contributed by atoms with Gasteiger partial charge in [-0.3, -0.25) is 4.79 Å². The fourth-order valence-corrected chi connectivity index (χ4v) is 2.45. The number of nitrogens with one attached hydrogen (secondary N) is 1. The summed E-state index contributed by atoms with van der Waals surface area (Å²) in [7, 11) is 0. The Kier molecular flexibility index (Phi) is 5.26. The first-order chi connectivity index (χ1) is 9.99. The highest BCUT2D eigenvalue weighted by Crippen LogP contribution is 2.20. The molecule has 1 aromatic carbocycles. The molecule has 0 atom stereocenters. The highest BCUT2D eigenvalue weighted by Gasteiger charge is 2.11. The highest BCUT2D eigenvalue weighted by atomic mass is 35.5. The third-order valence-corrected chi connectivity index (χ3v) is 3.95. The Balaban J connectivity index is 2.19. The van der Waals surface area contributed by atoms with Gasteiger partial charge in [0.15, 0.2) is 0 Å². The molecule has 1 N–H and O–H groups in total. The lowest BCUT2D eigenvalue weighted by molar-refractivity contribution is 0.102. The molecule has 1 heterocycles. The number of hydrogen-bond donors (Lipinski definition) is 1. The Morgan fingerprint density at radius 1 is 1.24 bits per heavy atom. The first kappa shape index (κ1) is 15.9. The van der Waals surface area contributed by atoms with Gasteiger partial charge in [-0.2, -0.15) is 0 Å². The summed E-state index contributed by atoms with van der Waals surface area (Å²) < 4.78 is 0. The van der Waals surface area contributed by atoms with Crippen molar-refractivity contribution in [3.05, 3.63) is 52.8 Å². The Morgan fingerprint density at radius 2 is 1.90 bits per heavy atom. The van der Waals surface area contributed by atoms with Gasteiger partial charge in [-0.05, 0) is 48.6 Å². The van der Waals surface area contributed by atoms with Crippen molar-refractivity contribution >= 4 is 35.0 Å². The fraction of sp³-hybridized carbons (Fsp3) is 0.250. The van der Waals surface area contributed by atoms with E-state index in [1.807, 2.05) is 44.4 Å². The van der Waals surface area contributed by atoms with E-state index in [4.69, 9.17) is 11.6 Å². The lowest BCUT2D eigenvalue weighted by Gasteiger charge is -2.09. The molecule has 1 amide bonds. The van der Waals surface area contributed by atoms with Crippen LogP contribution in [0.3, 0.4) is 0 Å². The zero-order chi connectivity index (χ0) is 15.4. The zero-order valence-electron chi connectivity index (χ0n) is 12.2. The molecule has 0 aliphatic heterocycles. The van der Waals surface area contributed by atoms with Gasteiger partial charge in [0.05, 0.1) is 0 Å². The topological polar surface area (TPSA) is 42.0 Å². The van der Waals surface area contributed by atoms with Crippen molar-refractivity contribution in [2.75, 3.05) is 11.6 Å². The van der Waals surface area contributed by atoms with E-state index in [1.54, 1.807) is 23.9 Å². The molecule has 0 saturated heterocycles. The number of rotatable bonds is 4. The lowest BCUT2D eigenvalue weighted by Crippen LogP contribution is -2.13. The van der Waals surface area contributed by atoms with Gasteiger partial charge < -0.3 is 5.32 Å². The number of pyridine rings is 1. The van der Waals surface area contributed by atoms with E-state index in [1.165, 1.54) is 0 Å². The minimum atomic E-state index is -0.182. The monoisotopic (exact) mass is 320 g/mol. The first-order valence-corrected chi connectivity index (χ1v) is 8.22. The van der Waals surface area contributed by atoms with Gasteiger partial charge in [0.1, 0.15) is 5.15 Å². The van der Waals surface area contributed by atoms with Crippen molar-refractivity contribution in [3.63, 3.8) is 0 Å². The van der Waals surface area contributed by atoms with Crippen LogP contribution in [0.2, 0.25) is 5.15 Å². The summed E-state index contributed by atoms with van der Waals surface area (Å²) in [6, 6.07) is 11.1. The number of carbonyl (C=O) groups excluding carboxylic acids is 1. The van der Waals surface area contributed by atoms with Crippen LogP contribution in [0.25, 0.3) is 0 Å². The number of anilines is 1. The van der Waals surface area contributed by atoms with Crippen molar-refractivity contribution in [2.24, 2.45) is 0 Å². The van der Waals surface area contributed by atoms with Gasteiger partial charge in [0.25, 0.3) is 5.91 Å². The predicted molar refractivity (Wildman–Crippen MR) is 89.5 cm³/mol. The maximum absolute atomic E-state index is 12.3. The van der Waals surface area contributed by atoms with Crippen molar-refractivity contribution < 1.29 is 4.79 Å². The summed E-state index contributed by atoms with van der Waals surface area (Å²) in [5, 5.41) is 3.21. The number of nitrogens with zero attached hydrogens (tertiary/aromatic N) is 1. The second kappa shape index (κ2) is 6.96. The van der Waals surface area contributed by atoms with Gasteiger partial charge in [0, 0.05) is 21.8 Å². The predicted octanol–water partition coefficient (Wildman–Crippen LogP) is 4.83. The molecule has 2 aromatic rings. The van der Waals surface area contributed by atoms with Crippen molar-refractivity contribution in [3.8, 4) is 0 Å². The Bertz CT molecular complexity index is 641. The standard InChI is InChI=1S/C16H17ClN2OS/c1-10(2)14-8-11(9-15(17)19-14)16(20)18-12-4-6-13(21-3)7-5-12/h4-10H,1-3H3,(H,18,20). The van der Waals surface area contributed by atoms with E-state index in [0.29, 0.717) is 10.7 Å². The highest BCUT2D eigenvalue weighted by molar-refractivity contribution is 7.98. The van der Waals surface area contributed by atoms with Gasteiger partial charge >= 0.3 is 0 Å². The Hall–Kier alpha value is -1.52. The molecule has 0 unspecified atom stereocenters. The van der Waals surface area contributed by atoms with Crippen LogP contribution >= 0.6 is 23.4 Å². The number of halogens is 1. The van der Waals surface area contributed by atoms with E-state index in [2.05, 4.69) is 10.3 Å². The fourth-order valence-electron chi connectivity index (χ4n) is 1.82. The first-order valence-electron chi connectivity index (χ1n) is 6.62. The van der Waals surface area contributed by atoms with Crippen molar-refractivity contribution in [1.82, 2.24) is 4.98 Å². The number of aromatic nitrogens is 1. The van der Waals surface area contributed by atoms with E-state index >= 15 is 0 Å². The molecule has 0 fully saturated rings. The normalized spacial score (nSPS) is 10.7. The summed E-state index contributed by atoms with van der Waals surface area (Å²) in [6.45, 7) is 4.03. The molecule has 0 saturated carbocycles. The van der Waals surface area contributed by atoms with Gasteiger partial charge in [0.2, 0.25) is 0 Å². The number of benzene rings is 1. The third kappa shape index (κ3) is 4.22. The van der Waals surface area contributed by atoms with Gasteiger partial charge in [-0.25, -0.2) is 4.98 Å². The third-order valence-electron chi connectivity index (χ3n) is 3.02. The summed E-state index contributed by atoms with van der Waals surface area (Å²) >= 11 is 7.65. The smallest absolute Gasteiger partial charge is 0.255 e. The molecule has 0 bridgehead atoms. The average molecular weight is 321 g/mol. The summed E-state index contributed by atoms with van der Waals surface area (Å²) in [5.41, 5.74) is 2.09. The molecule has 5 heteroatoms. The van der Waals surface area contributed by atoms with Crippen molar-refractivity contribution in [1.29, 1.82) is 0 Å². The molecule has 3 nitrogen and oxygen atoms in total. The zero-order valence-corrected chi connectivity index (χ0v) is 13.8. The maximum Gasteiger partial charge on any atom is 0.255 e. The Labute approximate surface area is 134 Å². The van der Waals surface area contributed by atoms with Crippen LogP contribution in [0, 0.1) is 0 Å². The number of carbonyl (C=O) groups is 1. The second-order valence-corrected chi connectivity index (χ2v) is 6.21. The molecule has 1 aromatic heterocycles. The van der Waals surface area contributed by atoms with Gasteiger partial charge in [-0.1, -0.05) is 25.4 Å². The Morgan fingerprint density at radius 3 is 2.48 bits per heavy atom. The molecule has 0 aliphatic carbocycles. The van der Waals surface area contributed by atoms with Crippen LogP contribution in [0.15, 0.2) is 41.3 Å². The van der Waals surface area contributed by atoms with Crippen LogP contribution in [-0.4, -0.2) is 17.1 Å². The molecule has 2 rings (SSSR count). The molecule has 0 spiro atoms. The van der Waals surface area contributed by atoms with E-state index in [-0.39, 0.29) is 11.8 Å². The quantitative estimate of drug-likeness (QED) is 0.648. The van der Waals surface area contributed by atoms with E-state index in [0.717, 1.165) is 16.3 Å². The molecule has 0 radical (unpaired) electrons. The van der Waals surface area contributed by atoms with E-state index in [9.17, 15) is 4.79 Å². The second-order valence-electron chi connectivity index (χ2n) is 4.94. The minimum Gasteiger partial charge on any atom is -0.322 e. The number of amides is 1. The minimum absolute atomic E-state index is 0.182. The van der Waals surface area contributed by atoms with Gasteiger partial charge in [-0.15, -0.1) is 11.8 Å². The maximum atomic E-state index is 12.3. The SMILES string of the molecule is CSc1ccc(NC(=O)c2cc(Cl)nc(C(C)C)c2)cc1. The van der Waals surface area contributed by atoms with Crippen LogP contribution in [0.5, 0.6) is 0 Å². The van der Waals surface area contributed by atoms with Crippen LogP contribution in [0.4, 0.5) is 5.69 Å². The molecule has 0 aliphatic rings. The molecular formula is C16H17ClN2OS. The number of hydrogen-bond acceptors (Lipinski definition) is 3. The molecule has 110 valence electrons. The van der Waals surface area contributed by atoms with E-state index < -0.39 is 0 Å². The number of thioether (sulfide) groups is 1. The largest absolute Gasteiger partial charge is 0.322 e. The summed E-state index contributed by atoms with van der Waals surface area (Å²) in [4.78, 5) is 17.7. The molecular weight excluding hydrogens is 304 g/mol. The van der Waals surface area contributed by atoms with Crippen molar-refractivity contribution in [2.45, 2.75) is 24.7 Å². The van der Waals surface area contributed by atoms with Crippen LogP contribution in [-0.2, 0) is 0 Å². The average Bonchev–Trinajstić information content (AvgIpc) is 2.47. The molecule has 21 heavy (non-hydrogen) atoms. The summed E-state index contributed by atoms with van der Waals surface area (Å²) in [6.07, 6.45) is 2.01. The van der Waals surface area contributed by atoms with Crippen LogP contribution < -0.4 is 5.32 Å².